The van der Waals surface area contributed by atoms with Gasteiger partial charge in [-0.1, -0.05) is 41.4 Å². The Kier molecular flexibility index (Phi) is 7.39. The molecule has 176 valence electrons. The number of rotatable bonds is 6. The first-order valence-electron chi connectivity index (χ1n) is 10.9. The molecular formula is C24H26Cl2N8. The summed E-state index contributed by atoms with van der Waals surface area (Å²) in [5.74, 6) is 0.517. The average molecular weight is 497 g/mol. The van der Waals surface area contributed by atoms with Gasteiger partial charge in [-0.2, -0.15) is 5.26 Å². The molecule has 1 aromatic heterocycles. The number of nitrogens with zero attached hydrogens (tertiary/aromatic N) is 5. The van der Waals surface area contributed by atoms with Crippen molar-refractivity contribution in [3.63, 3.8) is 0 Å². The van der Waals surface area contributed by atoms with Crippen LogP contribution in [0, 0.1) is 18.3 Å². The molecule has 1 unspecified atom stereocenters. The molecule has 2 aromatic carbocycles. The van der Waals surface area contributed by atoms with Crippen LogP contribution in [0.2, 0.25) is 10.0 Å². The summed E-state index contributed by atoms with van der Waals surface area (Å²) in [6.07, 6.45) is 1.47. The van der Waals surface area contributed by atoms with E-state index in [4.69, 9.17) is 28.9 Å². The molecule has 8 nitrogen and oxygen atoms in total. The van der Waals surface area contributed by atoms with Crippen LogP contribution in [-0.2, 0) is 0 Å². The molecule has 0 amide bonds. The predicted octanol–water partition coefficient (Wildman–Crippen LogP) is 4.65. The summed E-state index contributed by atoms with van der Waals surface area (Å²) >= 11 is 12.6. The van der Waals surface area contributed by atoms with Crippen molar-refractivity contribution < 1.29 is 0 Å². The van der Waals surface area contributed by atoms with E-state index < -0.39 is 5.92 Å². The average Bonchev–Trinajstić information content (AvgIpc) is 2.82. The normalized spacial score (nSPS) is 15.5. The van der Waals surface area contributed by atoms with Gasteiger partial charge in [0.1, 0.15) is 12.0 Å². The van der Waals surface area contributed by atoms with Crippen LogP contribution in [-0.4, -0.2) is 53.1 Å². The van der Waals surface area contributed by atoms with Gasteiger partial charge in [0.2, 0.25) is 0 Å². The first-order chi connectivity index (χ1) is 16.4. The topological polar surface area (TPSA) is 106 Å². The molecule has 2 heterocycles. The molecular weight excluding hydrogens is 471 g/mol. The number of hydrazine groups is 1. The molecule has 0 bridgehead atoms. The second kappa shape index (κ2) is 10.5. The minimum atomic E-state index is -0.513. The lowest BCUT2D eigenvalue weighted by Crippen LogP contribution is -2.47. The van der Waals surface area contributed by atoms with Gasteiger partial charge in [0.25, 0.3) is 0 Å². The number of nitrogen functional groups attached to an aromatic ring is 1. The van der Waals surface area contributed by atoms with E-state index in [2.05, 4.69) is 43.7 Å². The Labute approximate surface area is 209 Å². The molecule has 0 aliphatic carbocycles. The molecule has 0 saturated carbocycles. The number of nitrogens with two attached hydrogens (primary N) is 1. The fourth-order valence-electron chi connectivity index (χ4n) is 3.82. The summed E-state index contributed by atoms with van der Waals surface area (Å²) in [5, 5.41) is 16.3. The summed E-state index contributed by atoms with van der Waals surface area (Å²) in [4.78, 5) is 10.9. The summed E-state index contributed by atoms with van der Waals surface area (Å²) in [5.41, 5.74) is 13.3. The van der Waals surface area contributed by atoms with Crippen LogP contribution in [0.5, 0.6) is 0 Å². The van der Waals surface area contributed by atoms with Crippen molar-refractivity contribution in [2.24, 2.45) is 0 Å². The highest BCUT2D eigenvalue weighted by atomic mass is 35.5. The zero-order valence-electron chi connectivity index (χ0n) is 19.0. The van der Waals surface area contributed by atoms with Gasteiger partial charge in [-0.15, -0.1) is 0 Å². The smallest absolute Gasteiger partial charge is 0.169 e. The van der Waals surface area contributed by atoms with Crippen LogP contribution >= 0.6 is 23.2 Å². The Bertz CT molecular complexity index is 1200. The number of benzene rings is 2. The minimum Gasteiger partial charge on any atom is -0.393 e. The molecule has 10 heteroatoms. The lowest BCUT2D eigenvalue weighted by atomic mass is 9.91. The first-order valence-corrected chi connectivity index (χ1v) is 11.6. The van der Waals surface area contributed by atoms with Crippen molar-refractivity contribution in [3.8, 4) is 6.07 Å². The van der Waals surface area contributed by atoms with Crippen LogP contribution in [0.25, 0.3) is 0 Å². The fraction of sp³-hybridized carbons (Fsp3) is 0.292. The Morgan fingerprint density at radius 2 is 1.74 bits per heavy atom. The Morgan fingerprint density at radius 3 is 2.41 bits per heavy atom. The summed E-state index contributed by atoms with van der Waals surface area (Å²) < 4.78 is 0. The fourth-order valence-corrected chi connectivity index (χ4v) is 4.22. The van der Waals surface area contributed by atoms with Gasteiger partial charge in [-0.3, -0.25) is 0 Å². The third kappa shape index (κ3) is 5.34. The van der Waals surface area contributed by atoms with Gasteiger partial charge in [-0.25, -0.2) is 15.0 Å². The number of hydrogen-bond donors (Lipinski definition) is 3. The first kappa shape index (κ1) is 24.0. The Hall–Kier alpha value is -3.09. The van der Waals surface area contributed by atoms with Crippen LogP contribution < -0.4 is 16.5 Å². The van der Waals surface area contributed by atoms with Crippen LogP contribution in [0.3, 0.4) is 0 Å². The van der Waals surface area contributed by atoms with Crippen molar-refractivity contribution >= 4 is 46.2 Å². The van der Waals surface area contributed by atoms with E-state index in [1.807, 2.05) is 25.1 Å². The highest BCUT2D eigenvalue weighted by Gasteiger charge is 2.20. The number of nitrogens with one attached hydrogen (secondary N) is 2. The SMILES string of the molecule is Cc1cc(C(C#N)c2ccc(Cl)cc2)c(Cl)cc1Nc1ncnc(NN2CCN(C)CC2)c1N. The number of likely N-dealkylation sites (N-methyl/N-ethyl adjacent to an activating group) is 1. The standard InChI is InChI=1S/C24H26Cl2N8/c1-15-11-18(19(13-27)16-3-5-17(25)6-4-16)20(26)12-21(15)31-23-22(28)24(30-14-29-23)32-34-9-7-33(2)8-10-34/h3-6,11-12,14,19H,7-10,28H2,1-2H3,(H2,29,30,31,32). The molecule has 1 aliphatic rings. The Balaban J connectivity index is 1.56. The van der Waals surface area contributed by atoms with E-state index in [0.29, 0.717) is 27.4 Å². The van der Waals surface area contributed by atoms with E-state index in [0.717, 1.165) is 48.6 Å². The number of piperazine rings is 1. The number of hydrogen-bond acceptors (Lipinski definition) is 8. The molecule has 34 heavy (non-hydrogen) atoms. The van der Waals surface area contributed by atoms with Gasteiger partial charge in [0, 0.05) is 41.9 Å². The third-order valence-corrected chi connectivity index (χ3v) is 6.47. The van der Waals surface area contributed by atoms with Crippen LogP contribution in [0.1, 0.15) is 22.6 Å². The maximum Gasteiger partial charge on any atom is 0.169 e. The summed E-state index contributed by atoms with van der Waals surface area (Å²) in [7, 11) is 2.10. The summed E-state index contributed by atoms with van der Waals surface area (Å²) in [6.45, 7) is 5.61. The number of nitriles is 1. The predicted molar refractivity (Wildman–Crippen MR) is 138 cm³/mol. The van der Waals surface area contributed by atoms with Crippen molar-refractivity contribution in [1.82, 2.24) is 19.9 Å². The number of aryl methyl sites for hydroxylation is 1. The molecule has 4 rings (SSSR count). The lowest BCUT2D eigenvalue weighted by Gasteiger charge is -2.33. The van der Waals surface area contributed by atoms with Crippen molar-refractivity contribution in [3.05, 3.63) is 69.5 Å². The minimum absolute atomic E-state index is 0.414. The van der Waals surface area contributed by atoms with E-state index in [9.17, 15) is 5.26 Å². The molecule has 1 fully saturated rings. The molecule has 0 radical (unpaired) electrons. The van der Waals surface area contributed by atoms with Gasteiger partial charge >= 0.3 is 0 Å². The lowest BCUT2D eigenvalue weighted by molar-refractivity contribution is 0.178. The maximum atomic E-state index is 9.83. The van der Waals surface area contributed by atoms with E-state index in [-0.39, 0.29) is 0 Å². The molecule has 1 aliphatic heterocycles. The Morgan fingerprint density at radius 1 is 1.06 bits per heavy atom. The van der Waals surface area contributed by atoms with Gasteiger partial charge in [-0.05, 0) is 48.9 Å². The van der Waals surface area contributed by atoms with E-state index in [1.165, 1.54) is 6.33 Å². The monoisotopic (exact) mass is 496 g/mol. The quantitative estimate of drug-likeness (QED) is 0.452. The number of anilines is 4. The highest BCUT2D eigenvalue weighted by Crippen LogP contribution is 2.36. The molecule has 1 saturated heterocycles. The zero-order chi connectivity index (χ0) is 24.2. The maximum absolute atomic E-state index is 9.83. The highest BCUT2D eigenvalue weighted by molar-refractivity contribution is 6.32. The van der Waals surface area contributed by atoms with Crippen molar-refractivity contribution in [2.45, 2.75) is 12.8 Å². The van der Waals surface area contributed by atoms with Gasteiger partial charge in [0.05, 0.1) is 12.0 Å². The van der Waals surface area contributed by atoms with E-state index >= 15 is 0 Å². The van der Waals surface area contributed by atoms with Crippen molar-refractivity contribution in [2.75, 3.05) is 49.7 Å². The van der Waals surface area contributed by atoms with Gasteiger partial charge < -0.3 is 21.4 Å². The van der Waals surface area contributed by atoms with Crippen LogP contribution in [0.4, 0.5) is 23.0 Å². The molecule has 0 spiro atoms. The summed E-state index contributed by atoms with van der Waals surface area (Å²) in [6, 6.07) is 13.3. The second-order valence-electron chi connectivity index (χ2n) is 8.31. The number of halogens is 2. The third-order valence-electron chi connectivity index (χ3n) is 5.89. The second-order valence-corrected chi connectivity index (χ2v) is 9.16. The van der Waals surface area contributed by atoms with Crippen molar-refractivity contribution in [1.29, 1.82) is 5.26 Å². The molecule has 4 N–H and O–H groups in total. The van der Waals surface area contributed by atoms with Crippen LogP contribution in [0.15, 0.2) is 42.7 Å². The largest absolute Gasteiger partial charge is 0.393 e. The van der Waals surface area contributed by atoms with E-state index in [1.54, 1.807) is 18.2 Å². The van der Waals surface area contributed by atoms with Gasteiger partial charge in [0.15, 0.2) is 11.6 Å². The number of aromatic nitrogens is 2. The molecule has 1 atom stereocenters. The molecule has 3 aromatic rings. The zero-order valence-corrected chi connectivity index (χ0v) is 20.5.